The van der Waals surface area contributed by atoms with Crippen molar-refractivity contribution in [3.63, 3.8) is 0 Å². The van der Waals surface area contributed by atoms with Crippen molar-refractivity contribution in [2.24, 2.45) is 0 Å². The van der Waals surface area contributed by atoms with Gasteiger partial charge >= 0.3 is 0 Å². The van der Waals surface area contributed by atoms with Crippen LogP contribution < -0.4 is 25.6 Å². The first-order valence-electron chi connectivity index (χ1n) is 7.21. The van der Waals surface area contributed by atoms with Gasteiger partial charge in [-0.25, -0.2) is 0 Å². The van der Waals surface area contributed by atoms with E-state index in [2.05, 4.69) is 16.2 Å². The number of hydrogen-bond donors (Lipinski definition) is 3. The lowest BCUT2D eigenvalue weighted by Crippen LogP contribution is -2.49. The average Bonchev–Trinajstić information content (AvgIpc) is 3.04. The molecule has 8 nitrogen and oxygen atoms in total. The number of rotatable bonds is 5. The van der Waals surface area contributed by atoms with Crippen LogP contribution in [0.1, 0.15) is 16.1 Å². The highest BCUT2D eigenvalue weighted by atomic mass is 32.1. The maximum absolute atomic E-state index is 11.9. The fourth-order valence-corrected chi connectivity index (χ4v) is 2.04. The lowest BCUT2D eigenvalue weighted by Gasteiger charge is -2.12. The molecule has 2 rings (SSSR count). The van der Waals surface area contributed by atoms with Gasteiger partial charge in [0.2, 0.25) is 0 Å². The zero-order chi connectivity index (χ0) is 18.2. The van der Waals surface area contributed by atoms with Crippen LogP contribution in [0.2, 0.25) is 0 Å². The van der Waals surface area contributed by atoms with Crippen LogP contribution in [0.3, 0.4) is 0 Å². The summed E-state index contributed by atoms with van der Waals surface area (Å²) in [6.45, 7) is 1.39. The number of thiocarbonyl (C=S) groups is 1. The maximum Gasteiger partial charge on any atom is 0.273 e. The number of benzene rings is 1. The summed E-state index contributed by atoms with van der Waals surface area (Å²) < 4.78 is 15.5. The Morgan fingerprint density at radius 2 is 1.88 bits per heavy atom. The van der Waals surface area contributed by atoms with Gasteiger partial charge in [0.25, 0.3) is 11.8 Å². The van der Waals surface area contributed by atoms with E-state index >= 15 is 0 Å². The van der Waals surface area contributed by atoms with Gasteiger partial charge in [0.05, 0.1) is 18.9 Å². The minimum Gasteiger partial charge on any atom is -0.493 e. The van der Waals surface area contributed by atoms with E-state index in [4.69, 9.17) is 26.1 Å². The van der Waals surface area contributed by atoms with Crippen LogP contribution in [0, 0.1) is 6.92 Å². The Morgan fingerprint density at radius 3 is 2.52 bits per heavy atom. The second-order valence-electron chi connectivity index (χ2n) is 4.79. The fraction of sp³-hybridized carbons (Fsp3) is 0.188. The second-order valence-corrected chi connectivity index (χ2v) is 5.19. The number of furan rings is 1. The Hall–Kier alpha value is -3.07. The molecule has 0 aliphatic carbocycles. The molecule has 2 amide bonds. The van der Waals surface area contributed by atoms with Crippen LogP contribution in [0.4, 0.5) is 0 Å². The topological polar surface area (TPSA) is 102 Å². The Bertz CT molecular complexity index is 775. The van der Waals surface area contributed by atoms with Crippen LogP contribution in [-0.4, -0.2) is 30.6 Å². The van der Waals surface area contributed by atoms with E-state index in [0.29, 0.717) is 22.8 Å². The summed E-state index contributed by atoms with van der Waals surface area (Å²) in [6, 6.07) is 8.46. The highest BCUT2D eigenvalue weighted by molar-refractivity contribution is 7.80. The number of hydrogen-bond acceptors (Lipinski definition) is 6. The molecule has 0 unspecified atom stereocenters. The number of amides is 2. The molecule has 25 heavy (non-hydrogen) atoms. The first-order chi connectivity index (χ1) is 12.0. The molecule has 0 saturated heterocycles. The third kappa shape index (κ3) is 5.21. The fourth-order valence-electron chi connectivity index (χ4n) is 1.88. The van der Waals surface area contributed by atoms with Gasteiger partial charge in [0.1, 0.15) is 5.76 Å². The summed E-state index contributed by atoms with van der Waals surface area (Å²) in [5.74, 6) is 0.492. The average molecular weight is 363 g/mol. The molecule has 1 aromatic heterocycles. The van der Waals surface area contributed by atoms with Crippen molar-refractivity contribution < 1.29 is 23.5 Å². The monoisotopic (exact) mass is 363 g/mol. The smallest absolute Gasteiger partial charge is 0.273 e. The third-order valence-corrected chi connectivity index (χ3v) is 3.28. The SMILES string of the molecule is COc1ccccc1OCC(=O)NC(=S)NNC(=O)c1ccoc1C. The molecule has 9 heteroatoms. The molecule has 0 saturated carbocycles. The minimum atomic E-state index is -0.489. The number of hydrazine groups is 1. The van der Waals surface area contributed by atoms with Gasteiger partial charge in [-0.2, -0.15) is 0 Å². The van der Waals surface area contributed by atoms with E-state index < -0.39 is 11.8 Å². The van der Waals surface area contributed by atoms with Gasteiger partial charge in [-0.15, -0.1) is 0 Å². The zero-order valence-corrected chi connectivity index (χ0v) is 14.4. The Kier molecular flexibility index (Phi) is 6.35. The van der Waals surface area contributed by atoms with Crippen molar-refractivity contribution in [3.05, 3.63) is 47.9 Å². The van der Waals surface area contributed by atoms with Crippen molar-refractivity contribution >= 4 is 29.1 Å². The summed E-state index contributed by atoms with van der Waals surface area (Å²) in [5, 5.41) is 2.31. The first-order valence-corrected chi connectivity index (χ1v) is 7.62. The Labute approximate surface area is 149 Å². The maximum atomic E-state index is 11.9. The van der Waals surface area contributed by atoms with E-state index in [0.717, 1.165) is 0 Å². The normalized spacial score (nSPS) is 9.84. The molecule has 0 spiro atoms. The van der Waals surface area contributed by atoms with Gasteiger partial charge in [-0.05, 0) is 37.3 Å². The predicted molar refractivity (Wildman–Crippen MR) is 93.3 cm³/mol. The van der Waals surface area contributed by atoms with Crippen LogP contribution >= 0.6 is 12.2 Å². The largest absolute Gasteiger partial charge is 0.493 e. The number of carbonyl (C=O) groups is 2. The summed E-state index contributed by atoms with van der Waals surface area (Å²) in [4.78, 5) is 23.7. The van der Waals surface area contributed by atoms with Gasteiger partial charge in [0, 0.05) is 0 Å². The molecular formula is C16H17N3O5S. The highest BCUT2D eigenvalue weighted by Crippen LogP contribution is 2.25. The predicted octanol–water partition coefficient (Wildman–Crippen LogP) is 1.31. The molecular weight excluding hydrogens is 346 g/mol. The Balaban J connectivity index is 1.76. The summed E-state index contributed by atoms with van der Waals surface area (Å²) in [5.41, 5.74) is 5.15. The van der Waals surface area contributed by atoms with E-state index in [1.807, 2.05) is 0 Å². The third-order valence-electron chi connectivity index (χ3n) is 3.07. The lowest BCUT2D eigenvalue weighted by atomic mass is 10.2. The molecule has 3 N–H and O–H groups in total. The van der Waals surface area contributed by atoms with Gasteiger partial charge in [-0.1, -0.05) is 12.1 Å². The second kappa shape index (κ2) is 8.69. The molecule has 0 bridgehead atoms. The molecule has 0 aliphatic heterocycles. The molecule has 0 fully saturated rings. The molecule has 1 heterocycles. The molecule has 0 aliphatic rings. The molecule has 1 aromatic carbocycles. The van der Waals surface area contributed by atoms with E-state index in [9.17, 15) is 9.59 Å². The van der Waals surface area contributed by atoms with Gasteiger partial charge in [-0.3, -0.25) is 25.8 Å². The van der Waals surface area contributed by atoms with Crippen LogP contribution in [0.25, 0.3) is 0 Å². The van der Waals surface area contributed by atoms with E-state index in [1.165, 1.54) is 19.4 Å². The van der Waals surface area contributed by atoms with Crippen molar-refractivity contribution in [1.29, 1.82) is 0 Å². The van der Waals surface area contributed by atoms with Crippen molar-refractivity contribution in [3.8, 4) is 11.5 Å². The van der Waals surface area contributed by atoms with E-state index in [1.54, 1.807) is 31.2 Å². The summed E-state index contributed by atoms with van der Waals surface area (Å²) >= 11 is 4.93. The van der Waals surface area contributed by atoms with Crippen molar-refractivity contribution in [2.75, 3.05) is 13.7 Å². The van der Waals surface area contributed by atoms with Crippen LogP contribution in [-0.2, 0) is 4.79 Å². The molecule has 0 radical (unpaired) electrons. The number of para-hydroxylation sites is 2. The highest BCUT2D eigenvalue weighted by Gasteiger charge is 2.12. The van der Waals surface area contributed by atoms with Crippen LogP contribution in [0.15, 0.2) is 41.0 Å². The van der Waals surface area contributed by atoms with Crippen LogP contribution in [0.5, 0.6) is 11.5 Å². The number of nitrogens with one attached hydrogen (secondary N) is 3. The zero-order valence-electron chi connectivity index (χ0n) is 13.6. The van der Waals surface area contributed by atoms with Gasteiger partial charge < -0.3 is 13.9 Å². The first kappa shape index (κ1) is 18.3. The van der Waals surface area contributed by atoms with Crippen molar-refractivity contribution in [2.45, 2.75) is 6.92 Å². The molecule has 2 aromatic rings. The molecule has 0 atom stereocenters. The molecule has 132 valence electrons. The number of methoxy groups -OCH3 is 1. The number of carbonyl (C=O) groups excluding carboxylic acids is 2. The lowest BCUT2D eigenvalue weighted by molar-refractivity contribution is -0.121. The number of ether oxygens (including phenoxy) is 2. The quantitative estimate of drug-likeness (QED) is 0.544. The van der Waals surface area contributed by atoms with E-state index in [-0.39, 0.29) is 11.7 Å². The summed E-state index contributed by atoms with van der Waals surface area (Å²) in [7, 11) is 1.51. The minimum absolute atomic E-state index is 0.0666. The summed E-state index contributed by atoms with van der Waals surface area (Å²) in [6.07, 6.45) is 1.40. The standard InChI is InChI=1S/C16H17N3O5S/c1-10-11(7-8-23-10)15(21)18-19-16(25)17-14(20)9-24-13-6-4-3-5-12(13)22-2/h3-8H,9H2,1-2H3,(H,18,21)(H2,17,19,20,25). The number of aryl methyl sites for hydroxylation is 1. The Morgan fingerprint density at radius 1 is 1.16 bits per heavy atom. The van der Waals surface area contributed by atoms with Crippen molar-refractivity contribution in [1.82, 2.24) is 16.2 Å². The van der Waals surface area contributed by atoms with Gasteiger partial charge in [0.15, 0.2) is 23.2 Å².